The number of hydrogen-bond donors (Lipinski definition) is 1. The van der Waals surface area contributed by atoms with Gasteiger partial charge in [-0.1, -0.05) is 0 Å². The molecular formula is C8H16N2. The number of rotatable bonds is 1. The van der Waals surface area contributed by atoms with Gasteiger partial charge in [0, 0.05) is 12.6 Å². The molecular weight excluding hydrogens is 124 g/mol. The third kappa shape index (κ3) is 0.956. The molecule has 0 amide bonds. The Balaban J connectivity index is 2.00. The summed E-state index contributed by atoms with van der Waals surface area (Å²) < 4.78 is 0. The van der Waals surface area contributed by atoms with Crippen LogP contribution in [0.2, 0.25) is 0 Å². The summed E-state index contributed by atoms with van der Waals surface area (Å²) in [6.45, 7) is 4.02. The van der Waals surface area contributed by atoms with Crippen LogP contribution in [0, 0.1) is 5.92 Å². The third-order valence-electron chi connectivity index (χ3n) is 3.00. The predicted octanol–water partition coefficient (Wildman–Crippen LogP) is 0.300. The molecule has 2 heteroatoms. The highest BCUT2D eigenvalue weighted by molar-refractivity contribution is 4.89. The average Bonchev–Trinajstić information content (AvgIpc) is 2.34. The van der Waals surface area contributed by atoms with Crippen molar-refractivity contribution in [3.8, 4) is 0 Å². The van der Waals surface area contributed by atoms with Gasteiger partial charge in [0.05, 0.1) is 0 Å². The van der Waals surface area contributed by atoms with Gasteiger partial charge < -0.3 is 10.2 Å². The van der Waals surface area contributed by atoms with Crippen LogP contribution >= 0.6 is 0 Å². The van der Waals surface area contributed by atoms with E-state index in [1.54, 1.807) is 0 Å². The Morgan fingerprint density at radius 2 is 2.10 bits per heavy atom. The number of nitrogens with one attached hydrogen (secondary N) is 1. The first kappa shape index (κ1) is 6.62. The predicted molar refractivity (Wildman–Crippen MR) is 42.0 cm³/mol. The van der Waals surface area contributed by atoms with E-state index in [2.05, 4.69) is 17.3 Å². The van der Waals surface area contributed by atoms with Crippen LogP contribution < -0.4 is 5.32 Å². The summed E-state index contributed by atoms with van der Waals surface area (Å²) >= 11 is 0. The number of hydrogen-bond acceptors (Lipinski definition) is 2. The lowest BCUT2D eigenvalue weighted by molar-refractivity contribution is 0.228. The highest BCUT2D eigenvalue weighted by Gasteiger charge is 2.32. The molecule has 0 radical (unpaired) electrons. The van der Waals surface area contributed by atoms with Gasteiger partial charge in [0.15, 0.2) is 0 Å². The van der Waals surface area contributed by atoms with Crippen LogP contribution in [-0.4, -0.2) is 37.6 Å². The van der Waals surface area contributed by atoms with Crippen LogP contribution in [0.15, 0.2) is 0 Å². The molecule has 2 rings (SSSR count). The molecule has 2 fully saturated rings. The fraction of sp³-hybridized carbons (Fsp3) is 1.00. The van der Waals surface area contributed by atoms with Crippen molar-refractivity contribution < 1.29 is 0 Å². The third-order valence-corrected chi connectivity index (χ3v) is 3.00. The van der Waals surface area contributed by atoms with Gasteiger partial charge in [-0.25, -0.2) is 0 Å². The van der Waals surface area contributed by atoms with Crippen molar-refractivity contribution in [3.05, 3.63) is 0 Å². The first-order valence-electron chi connectivity index (χ1n) is 4.30. The molecule has 0 saturated carbocycles. The monoisotopic (exact) mass is 140 g/mol. The van der Waals surface area contributed by atoms with Crippen LogP contribution in [0.3, 0.4) is 0 Å². The fourth-order valence-corrected chi connectivity index (χ4v) is 2.33. The Bertz CT molecular complexity index is 124. The second-order valence-corrected chi connectivity index (χ2v) is 3.53. The lowest BCUT2D eigenvalue weighted by Gasteiger charge is -2.29. The zero-order valence-electron chi connectivity index (χ0n) is 6.64. The van der Waals surface area contributed by atoms with E-state index in [0.717, 1.165) is 12.0 Å². The SMILES string of the molecule is CNC1CCN2CCC1C2. The van der Waals surface area contributed by atoms with Crippen molar-refractivity contribution in [1.82, 2.24) is 10.2 Å². The van der Waals surface area contributed by atoms with Crippen molar-refractivity contribution in [2.24, 2.45) is 5.92 Å². The molecule has 0 aromatic heterocycles. The lowest BCUT2D eigenvalue weighted by Crippen LogP contribution is -2.42. The summed E-state index contributed by atoms with van der Waals surface area (Å²) in [6.07, 6.45) is 2.78. The van der Waals surface area contributed by atoms with E-state index in [1.807, 2.05) is 0 Å². The van der Waals surface area contributed by atoms with E-state index < -0.39 is 0 Å². The largest absolute Gasteiger partial charge is 0.317 e. The van der Waals surface area contributed by atoms with Crippen LogP contribution in [0.5, 0.6) is 0 Å². The van der Waals surface area contributed by atoms with Gasteiger partial charge in [0.25, 0.3) is 0 Å². The Kier molecular flexibility index (Phi) is 1.66. The van der Waals surface area contributed by atoms with E-state index in [4.69, 9.17) is 0 Å². The van der Waals surface area contributed by atoms with E-state index in [0.29, 0.717) is 0 Å². The zero-order chi connectivity index (χ0) is 6.97. The first-order chi connectivity index (χ1) is 4.90. The molecule has 2 aliphatic rings. The van der Waals surface area contributed by atoms with Crippen LogP contribution in [0.4, 0.5) is 0 Å². The van der Waals surface area contributed by atoms with E-state index >= 15 is 0 Å². The first-order valence-corrected chi connectivity index (χ1v) is 4.30. The Labute approximate surface area is 62.6 Å². The molecule has 0 aliphatic carbocycles. The Morgan fingerprint density at radius 1 is 1.30 bits per heavy atom. The Hall–Kier alpha value is -0.0800. The van der Waals surface area contributed by atoms with Gasteiger partial charge in [-0.2, -0.15) is 0 Å². The highest BCUT2D eigenvalue weighted by Crippen LogP contribution is 2.26. The summed E-state index contributed by atoms with van der Waals surface area (Å²) in [5, 5.41) is 3.40. The minimum absolute atomic E-state index is 0.818. The quantitative estimate of drug-likeness (QED) is 0.563. The maximum atomic E-state index is 3.40. The second kappa shape index (κ2) is 2.51. The molecule has 0 aromatic carbocycles. The molecule has 58 valence electrons. The van der Waals surface area contributed by atoms with Crippen molar-refractivity contribution >= 4 is 0 Å². The van der Waals surface area contributed by atoms with E-state index in [9.17, 15) is 0 Å². The van der Waals surface area contributed by atoms with Gasteiger partial charge in [0.2, 0.25) is 0 Å². The number of piperidine rings is 1. The normalized spacial score (nSPS) is 45.9. The molecule has 1 N–H and O–H groups in total. The van der Waals surface area contributed by atoms with Gasteiger partial charge in [-0.15, -0.1) is 0 Å². The highest BCUT2D eigenvalue weighted by atomic mass is 15.2. The van der Waals surface area contributed by atoms with Crippen LogP contribution in [-0.2, 0) is 0 Å². The molecule has 10 heavy (non-hydrogen) atoms. The summed E-state index contributed by atoms with van der Waals surface area (Å²) in [5.74, 6) is 0.957. The van der Waals surface area contributed by atoms with Crippen LogP contribution in [0.1, 0.15) is 12.8 Å². The topological polar surface area (TPSA) is 15.3 Å². The van der Waals surface area contributed by atoms with E-state index in [-0.39, 0.29) is 0 Å². The maximum absolute atomic E-state index is 3.40. The van der Waals surface area contributed by atoms with Crippen molar-refractivity contribution in [1.29, 1.82) is 0 Å². The van der Waals surface area contributed by atoms with Crippen molar-refractivity contribution in [3.63, 3.8) is 0 Å². The molecule has 0 spiro atoms. The van der Waals surface area contributed by atoms with E-state index in [1.165, 1.54) is 32.5 Å². The molecule has 2 aliphatic heterocycles. The molecule has 3 atom stereocenters. The van der Waals surface area contributed by atoms with Crippen LogP contribution in [0.25, 0.3) is 0 Å². The molecule has 2 saturated heterocycles. The van der Waals surface area contributed by atoms with Crippen molar-refractivity contribution in [2.45, 2.75) is 18.9 Å². The number of nitrogens with zero attached hydrogens (tertiary/aromatic N) is 1. The average molecular weight is 140 g/mol. The summed E-state index contributed by atoms with van der Waals surface area (Å²) in [6, 6.07) is 0.818. The summed E-state index contributed by atoms with van der Waals surface area (Å²) in [5.41, 5.74) is 0. The standard InChI is InChI=1S/C8H16N2/c1-9-8-3-5-10-4-2-7(8)6-10/h7-9H,2-6H2,1H3. The Morgan fingerprint density at radius 3 is 2.90 bits per heavy atom. The van der Waals surface area contributed by atoms with Gasteiger partial charge in [-0.05, 0) is 38.9 Å². The molecule has 0 aromatic rings. The molecule has 2 bridgehead atoms. The minimum Gasteiger partial charge on any atom is -0.317 e. The minimum atomic E-state index is 0.818. The zero-order valence-corrected chi connectivity index (χ0v) is 6.64. The second-order valence-electron chi connectivity index (χ2n) is 3.53. The van der Waals surface area contributed by atoms with Gasteiger partial charge >= 0.3 is 0 Å². The lowest BCUT2D eigenvalue weighted by atomic mass is 9.94. The molecule has 3 unspecified atom stereocenters. The summed E-state index contributed by atoms with van der Waals surface area (Å²) in [7, 11) is 2.10. The van der Waals surface area contributed by atoms with Crippen molar-refractivity contribution in [2.75, 3.05) is 26.7 Å². The fourth-order valence-electron chi connectivity index (χ4n) is 2.33. The molecule has 2 heterocycles. The smallest absolute Gasteiger partial charge is 0.0117 e. The molecule has 2 nitrogen and oxygen atoms in total. The van der Waals surface area contributed by atoms with Gasteiger partial charge in [-0.3, -0.25) is 0 Å². The number of fused-ring (bicyclic) bond motifs is 2. The maximum Gasteiger partial charge on any atom is 0.0117 e. The summed E-state index contributed by atoms with van der Waals surface area (Å²) in [4.78, 5) is 2.58. The van der Waals surface area contributed by atoms with Gasteiger partial charge in [0.1, 0.15) is 0 Å².